The van der Waals surface area contributed by atoms with Gasteiger partial charge in [0.25, 0.3) is 0 Å². The Balaban J connectivity index is 2.07. The van der Waals surface area contributed by atoms with Gasteiger partial charge in [-0.05, 0) is 41.0 Å². The Morgan fingerprint density at radius 3 is 2.33 bits per heavy atom. The zero-order valence-electron chi connectivity index (χ0n) is 11.4. The number of hydrogen-bond acceptors (Lipinski definition) is 0. The van der Waals surface area contributed by atoms with E-state index in [0.29, 0.717) is 11.1 Å². The summed E-state index contributed by atoms with van der Waals surface area (Å²) in [5, 5.41) is 1.50. The molecule has 0 heterocycles. The molecule has 0 aliphatic carbocycles. The van der Waals surface area contributed by atoms with Gasteiger partial charge in [0.15, 0.2) is 0 Å². The van der Waals surface area contributed by atoms with E-state index < -0.39 is 17.0 Å². The van der Waals surface area contributed by atoms with Crippen LogP contribution in [0.5, 0.6) is 0 Å². The monoisotopic (exact) mass is 302 g/mol. The van der Waals surface area contributed by atoms with E-state index in [1.165, 1.54) is 6.07 Å². The largest absolute Gasteiger partial charge is 0.207 e. The number of halogens is 3. The standard InChI is InChI=1S/C18H13ClF2/c1-11-8-15(17(21)10-16(11)20)18(19)14-7-6-12-4-2-3-5-13(12)9-14/h2-10,18H,1H3. The van der Waals surface area contributed by atoms with E-state index in [-0.39, 0.29) is 0 Å². The smallest absolute Gasteiger partial charge is 0.131 e. The molecule has 0 bridgehead atoms. The summed E-state index contributed by atoms with van der Waals surface area (Å²) < 4.78 is 27.3. The van der Waals surface area contributed by atoms with E-state index in [2.05, 4.69) is 0 Å². The van der Waals surface area contributed by atoms with E-state index >= 15 is 0 Å². The summed E-state index contributed by atoms with van der Waals surface area (Å²) in [6, 6.07) is 16.0. The first-order chi connectivity index (χ1) is 10.1. The van der Waals surface area contributed by atoms with Crippen molar-refractivity contribution in [1.29, 1.82) is 0 Å². The molecule has 0 aliphatic heterocycles. The van der Waals surface area contributed by atoms with Crippen LogP contribution >= 0.6 is 11.6 Å². The fraction of sp³-hybridized carbons (Fsp3) is 0.111. The van der Waals surface area contributed by atoms with Crippen molar-refractivity contribution in [2.45, 2.75) is 12.3 Å². The van der Waals surface area contributed by atoms with E-state index in [1.54, 1.807) is 6.92 Å². The van der Waals surface area contributed by atoms with E-state index in [4.69, 9.17) is 11.6 Å². The van der Waals surface area contributed by atoms with Crippen molar-refractivity contribution in [2.24, 2.45) is 0 Å². The zero-order chi connectivity index (χ0) is 15.0. The lowest BCUT2D eigenvalue weighted by Crippen LogP contribution is -1.99. The summed E-state index contributed by atoms with van der Waals surface area (Å²) in [6.45, 7) is 1.60. The molecule has 3 rings (SSSR count). The van der Waals surface area contributed by atoms with Gasteiger partial charge < -0.3 is 0 Å². The highest BCUT2D eigenvalue weighted by molar-refractivity contribution is 6.22. The Hall–Kier alpha value is -1.93. The average molecular weight is 303 g/mol. The second-order valence-corrected chi connectivity index (χ2v) is 5.53. The average Bonchev–Trinajstić information content (AvgIpc) is 2.50. The summed E-state index contributed by atoms with van der Waals surface area (Å²) >= 11 is 6.40. The van der Waals surface area contributed by atoms with Crippen molar-refractivity contribution in [1.82, 2.24) is 0 Å². The topological polar surface area (TPSA) is 0 Å². The number of alkyl halides is 1. The van der Waals surface area contributed by atoms with Gasteiger partial charge in [-0.3, -0.25) is 0 Å². The van der Waals surface area contributed by atoms with Crippen LogP contribution in [-0.4, -0.2) is 0 Å². The highest BCUT2D eigenvalue weighted by Crippen LogP contribution is 2.33. The lowest BCUT2D eigenvalue weighted by molar-refractivity contribution is 0.568. The van der Waals surface area contributed by atoms with Crippen LogP contribution in [0.4, 0.5) is 8.78 Å². The Bertz CT molecular complexity index is 811. The number of benzene rings is 3. The van der Waals surface area contributed by atoms with Gasteiger partial charge in [0.05, 0.1) is 5.38 Å². The van der Waals surface area contributed by atoms with Crippen molar-refractivity contribution < 1.29 is 8.78 Å². The molecular formula is C18H13ClF2. The predicted octanol–water partition coefficient (Wildman–Crippen LogP) is 5.75. The van der Waals surface area contributed by atoms with Gasteiger partial charge in [-0.25, -0.2) is 8.78 Å². The summed E-state index contributed by atoms with van der Waals surface area (Å²) in [7, 11) is 0. The second-order valence-electron chi connectivity index (χ2n) is 5.09. The number of aryl methyl sites for hydroxylation is 1. The molecule has 0 N–H and O–H groups in total. The van der Waals surface area contributed by atoms with Crippen LogP contribution in [-0.2, 0) is 0 Å². The predicted molar refractivity (Wildman–Crippen MR) is 82.7 cm³/mol. The number of fused-ring (bicyclic) bond motifs is 1. The Morgan fingerprint density at radius 2 is 1.57 bits per heavy atom. The van der Waals surface area contributed by atoms with Crippen LogP contribution in [0, 0.1) is 18.6 Å². The Labute approximate surface area is 127 Å². The fourth-order valence-electron chi connectivity index (χ4n) is 2.42. The van der Waals surface area contributed by atoms with Crippen molar-refractivity contribution in [3.63, 3.8) is 0 Å². The minimum atomic E-state index is -0.645. The molecule has 0 aromatic heterocycles. The highest BCUT2D eigenvalue weighted by atomic mass is 35.5. The van der Waals surface area contributed by atoms with Crippen LogP contribution in [0.3, 0.4) is 0 Å². The molecule has 1 atom stereocenters. The summed E-state index contributed by atoms with van der Waals surface area (Å²) in [6.07, 6.45) is 0. The number of rotatable bonds is 2. The normalized spacial score (nSPS) is 12.6. The van der Waals surface area contributed by atoms with Crippen LogP contribution < -0.4 is 0 Å². The third-order valence-electron chi connectivity index (χ3n) is 3.62. The SMILES string of the molecule is Cc1cc(C(Cl)c2ccc3ccccc3c2)c(F)cc1F. The highest BCUT2D eigenvalue weighted by Gasteiger charge is 2.17. The van der Waals surface area contributed by atoms with Crippen LogP contribution in [0.1, 0.15) is 22.1 Å². The summed E-state index contributed by atoms with van der Waals surface area (Å²) in [4.78, 5) is 0. The zero-order valence-corrected chi connectivity index (χ0v) is 12.2. The Kier molecular flexibility index (Phi) is 3.64. The molecule has 0 nitrogen and oxygen atoms in total. The van der Waals surface area contributed by atoms with E-state index in [9.17, 15) is 8.78 Å². The van der Waals surface area contributed by atoms with Crippen LogP contribution in [0.15, 0.2) is 54.6 Å². The maximum Gasteiger partial charge on any atom is 0.131 e. The fourth-order valence-corrected chi connectivity index (χ4v) is 2.72. The molecule has 0 radical (unpaired) electrons. The van der Waals surface area contributed by atoms with Gasteiger partial charge in [0.2, 0.25) is 0 Å². The first-order valence-corrected chi connectivity index (χ1v) is 7.08. The summed E-state index contributed by atoms with van der Waals surface area (Å²) in [5.41, 5.74) is 1.48. The first-order valence-electron chi connectivity index (χ1n) is 6.64. The molecule has 3 heteroatoms. The maximum atomic E-state index is 14.0. The van der Waals surface area contributed by atoms with Gasteiger partial charge in [0, 0.05) is 11.6 Å². The van der Waals surface area contributed by atoms with Gasteiger partial charge in [-0.2, -0.15) is 0 Å². The maximum absolute atomic E-state index is 14.0. The lowest BCUT2D eigenvalue weighted by atomic mass is 9.99. The second kappa shape index (κ2) is 5.45. The van der Waals surface area contributed by atoms with Gasteiger partial charge in [0.1, 0.15) is 11.6 Å². The van der Waals surface area contributed by atoms with Gasteiger partial charge in [-0.15, -0.1) is 11.6 Å². The molecule has 0 fully saturated rings. The van der Waals surface area contributed by atoms with Crippen molar-refractivity contribution in [2.75, 3.05) is 0 Å². The number of hydrogen-bond donors (Lipinski definition) is 0. The summed E-state index contributed by atoms with van der Waals surface area (Å²) in [5.74, 6) is -1.18. The molecule has 106 valence electrons. The molecule has 0 saturated heterocycles. The van der Waals surface area contributed by atoms with Crippen molar-refractivity contribution >= 4 is 22.4 Å². The minimum Gasteiger partial charge on any atom is -0.207 e. The van der Waals surface area contributed by atoms with E-state index in [1.807, 2.05) is 42.5 Å². The third kappa shape index (κ3) is 2.64. The molecule has 3 aromatic rings. The van der Waals surface area contributed by atoms with Crippen molar-refractivity contribution in [3.05, 3.63) is 82.9 Å². The molecule has 1 unspecified atom stereocenters. The van der Waals surface area contributed by atoms with Crippen molar-refractivity contribution in [3.8, 4) is 0 Å². The Morgan fingerprint density at radius 1 is 0.857 bits per heavy atom. The quantitative estimate of drug-likeness (QED) is 0.528. The molecular weight excluding hydrogens is 290 g/mol. The van der Waals surface area contributed by atoms with Crippen LogP contribution in [0.25, 0.3) is 10.8 Å². The molecule has 0 aliphatic rings. The molecule has 3 aromatic carbocycles. The molecule has 0 amide bonds. The lowest BCUT2D eigenvalue weighted by Gasteiger charge is -2.13. The molecule has 21 heavy (non-hydrogen) atoms. The third-order valence-corrected chi connectivity index (χ3v) is 4.10. The van der Waals surface area contributed by atoms with Gasteiger partial charge in [-0.1, -0.05) is 36.4 Å². The van der Waals surface area contributed by atoms with Crippen LogP contribution in [0.2, 0.25) is 0 Å². The van der Waals surface area contributed by atoms with Gasteiger partial charge >= 0.3 is 0 Å². The first kappa shape index (κ1) is 14.0. The molecule has 0 saturated carbocycles. The minimum absolute atomic E-state index is 0.297. The van der Waals surface area contributed by atoms with E-state index in [0.717, 1.165) is 22.4 Å². The molecule has 0 spiro atoms.